The van der Waals surface area contributed by atoms with Crippen molar-refractivity contribution in [1.29, 1.82) is 0 Å². The van der Waals surface area contributed by atoms with Crippen LogP contribution in [0.1, 0.15) is 12.5 Å². The molecule has 3 aromatic rings. The van der Waals surface area contributed by atoms with Crippen LogP contribution in [0.5, 0.6) is 0 Å². The highest BCUT2D eigenvalue weighted by Gasteiger charge is 2.15. The largest absolute Gasteiger partial charge is 0.350 e. The summed E-state index contributed by atoms with van der Waals surface area (Å²) in [7, 11) is 0. The van der Waals surface area contributed by atoms with Gasteiger partial charge in [0.25, 0.3) is 5.91 Å². The van der Waals surface area contributed by atoms with Gasteiger partial charge in [0.15, 0.2) is 10.2 Å². The Bertz CT molecular complexity index is 907. The first-order valence-corrected chi connectivity index (χ1v) is 9.30. The molecule has 0 spiro atoms. The highest BCUT2D eigenvalue weighted by Crippen LogP contribution is 2.25. The summed E-state index contributed by atoms with van der Waals surface area (Å²) in [5.74, 6) is -0.238. The van der Waals surface area contributed by atoms with E-state index in [9.17, 15) is 4.79 Å². The summed E-state index contributed by atoms with van der Waals surface area (Å²) >= 11 is 6.72. The van der Waals surface area contributed by atoms with Crippen LogP contribution < -0.4 is 21.5 Å². The molecule has 0 saturated heterocycles. The number of aryl methyl sites for hydroxylation is 1. The zero-order chi connectivity index (χ0) is 18.5. The molecule has 1 atom stereocenters. The second-order valence-electron chi connectivity index (χ2n) is 5.74. The zero-order valence-electron chi connectivity index (χ0n) is 14.4. The van der Waals surface area contributed by atoms with Crippen molar-refractivity contribution in [1.82, 2.24) is 15.8 Å². The van der Waals surface area contributed by atoms with Gasteiger partial charge < -0.3 is 10.6 Å². The Hall–Kier alpha value is -2.71. The SMILES string of the molecule is Cc1ccccc1NC(=S)NNC(=O)[C@@H](C)Nc1nc2ccccc2s1. The molecule has 0 fully saturated rings. The third-order valence-corrected chi connectivity index (χ3v) is 4.89. The predicted molar refractivity (Wildman–Crippen MR) is 111 cm³/mol. The third-order valence-electron chi connectivity index (χ3n) is 3.72. The van der Waals surface area contributed by atoms with Crippen LogP contribution in [0, 0.1) is 6.92 Å². The average Bonchev–Trinajstić information content (AvgIpc) is 3.03. The number of aromatic nitrogens is 1. The molecular weight excluding hydrogens is 366 g/mol. The van der Waals surface area contributed by atoms with Crippen LogP contribution in [-0.2, 0) is 4.79 Å². The molecule has 8 heteroatoms. The number of anilines is 2. The summed E-state index contributed by atoms with van der Waals surface area (Å²) in [5.41, 5.74) is 8.18. The minimum absolute atomic E-state index is 0.238. The molecule has 0 aliphatic carbocycles. The Morgan fingerprint density at radius 2 is 1.85 bits per heavy atom. The number of amides is 1. The number of hydrogen-bond donors (Lipinski definition) is 4. The summed E-state index contributed by atoms with van der Waals surface area (Å²) in [6.45, 7) is 3.74. The highest BCUT2D eigenvalue weighted by atomic mass is 32.1. The fourth-order valence-corrected chi connectivity index (χ4v) is 3.39. The van der Waals surface area contributed by atoms with Gasteiger partial charge in [0, 0.05) is 5.69 Å². The summed E-state index contributed by atoms with van der Waals surface area (Å²) in [6, 6.07) is 15.1. The fraction of sp³-hybridized carbons (Fsp3) is 0.167. The number of hydrazine groups is 1. The number of para-hydroxylation sites is 2. The Kier molecular flexibility index (Phi) is 5.65. The number of carbonyl (C=O) groups excluding carboxylic acids is 1. The second kappa shape index (κ2) is 8.11. The van der Waals surface area contributed by atoms with Crippen LogP contribution >= 0.6 is 23.6 Å². The molecule has 1 heterocycles. The van der Waals surface area contributed by atoms with Gasteiger partial charge in [0.1, 0.15) is 6.04 Å². The Labute approximate surface area is 161 Å². The lowest BCUT2D eigenvalue weighted by molar-refractivity contribution is -0.122. The lowest BCUT2D eigenvalue weighted by atomic mass is 10.2. The van der Waals surface area contributed by atoms with E-state index in [1.54, 1.807) is 6.92 Å². The summed E-state index contributed by atoms with van der Waals surface area (Å²) < 4.78 is 1.07. The molecule has 134 valence electrons. The third kappa shape index (κ3) is 4.47. The fourth-order valence-electron chi connectivity index (χ4n) is 2.28. The summed E-state index contributed by atoms with van der Waals surface area (Å²) in [5, 5.41) is 7.17. The first-order chi connectivity index (χ1) is 12.5. The zero-order valence-corrected chi connectivity index (χ0v) is 16.0. The number of carbonyl (C=O) groups is 1. The first kappa shape index (κ1) is 18.1. The molecule has 6 nitrogen and oxygen atoms in total. The molecule has 0 aliphatic heterocycles. The van der Waals surface area contributed by atoms with Gasteiger partial charge in [-0.3, -0.25) is 15.6 Å². The number of fused-ring (bicyclic) bond motifs is 1. The number of benzene rings is 2. The number of rotatable bonds is 4. The van der Waals surface area contributed by atoms with E-state index in [1.807, 2.05) is 55.5 Å². The minimum Gasteiger partial charge on any atom is -0.350 e. The number of hydrogen-bond acceptors (Lipinski definition) is 5. The normalized spacial score (nSPS) is 11.6. The van der Waals surface area contributed by atoms with Crippen molar-refractivity contribution in [3.8, 4) is 0 Å². The van der Waals surface area contributed by atoms with Crippen molar-refractivity contribution in [2.45, 2.75) is 19.9 Å². The van der Waals surface area contributed by atoms with E-state index in [2.05, 4.69) is 26.5 Å². The Balaban J connectivity index is 1.51. The predicted octanol–water partition coefficient (Wildman–Crippen LogP) is 3.42. The van der Waals surface area contributed by atoms with Crippen molar-refractivity contribution in [2.75, 3.05) is 10.6 Å². The van der Waals surface area contributed by atoms with Gasteiger partial charge in [-0.1, -0.05) is 41.7 Å². The molecule has 2 aromatic carbocycles. The van der Waals surface area contributed by atoms with Gasteiger partial charge in [0.2, 0.25) is 0 Å². The molecule has 3 rings (SSSR count). The van der Waals surface area contributed by atoms with Gasteiger partial charge in [-0.15, -0.1) is 0 Å². The van der Waals surface area contributed by atoms with E-state index >= 15 is 0 Å². The highest BCUT2D eigenvalue weighted by molar-refractivity contribution is 7.80. The van der Waals surface area contributed by atoms with Gasteiger partial charge >= 0.3 is 0 Å². The molecule has 0 radical (unpaired) electrons. The lowest BCUT2D eigenvalue weighted by Gasteiger charge is -2.16. The Morgan fingerprint density at radius 1 is 1.12 bits per heavy atom. The van der Waals surface area contributed by atoms with Gasteiger partial charge in [0.05, 0.1) is 10.2 Å². The van der Waals surface area contributed by atoms with E-state index in [-0.39, 0.29) is 5.91 Å². The lowest BCUT2D eigenvalue weighted by Crippen LogP contribution is -2.49. The maximum Gasteiger partial charge on any atom is 0.260 e. The standard InChI is InChI=1S/C18H19N5OS2/c1-11-7-3-4-8-13(11)20-17(25)23-22-16(24)12(2)19-18-21-14-9-5-6-10-15(14)26-18/h3-10,12H,1-2H3,(H,19,21)(H,22,24)(H2,20,23,25)/t12-/m1/s1. The molecule has 0 saturated carbocycles. The molecule has 1 aromatic heterocycles. The smallest absolute Gasteiger partial charge is 0.260 e. The van der Waals surface area contributed by atoms with Crippen LogP contribution in [0.3, 0.4) is 0 Å². The van der Waals surface area contributed by atoms with Crippen LogP contribution in [0.4, 0.5) is 10.8 Å². The van der Waals surface area contributed by atoms with Gasteiger partial charge in [-0.05, 0) is 49.8 Å². The molecule has 0 bridgehead atoms. The van der Waals surface area contributed by atoms with Crippen LogP contribution in [0.25, 0.3) is 10.2 Å². The van der Waals surface area contributed by atoms with Crippen LogP contribution in [0.2, 0.25) is 0 Å². The number of nitrogens with one attached hydrogen (secondary N) is 4. The van der Waals surface area contributed by atoms with Crippen molar-refractivity contribution in [3.63, 3.8) is 0 Å². The minimum atomic E-state index is -0.468. The van der Waals surface area contributed by atoms with Crippen LogP contribution in [-0.4, -0.2) is 22.0 Å². The van der Waals surface area contributed by atoms with Crippen molar-refractivity contribution in [3.05, 3.63) is 54.1 Å². The van der Waals surface area contributed by atoms with Gasteiger partial charge in [-0.25, -0.2) is 4.98 Å². The maximum atomic E-state index is 12.2. The summed E-state index contributed by atoms with van der Waals surface area (Å²) in [6.07, 6.45) is 0. The van der Waals surface area contributed by atoms with E-state index in [0.29, 0.717) is 10.2 Å². The molecule has 26 heavy (non-hydrogen) atoms. The van der Waals surface area contributed by atoms with Crippen molar-refractivity contribution >= 4 is 55.6 Å². The van der Waals surface area contributed by atoms with E-state index in [0.717, 1.165) is 21.5 Å². The van der Waals surface area contributed by atoms with E-state index in [1.165, 1.54) is 11.3 Å². The molecule has 0 aliphatic rings. The number of nitrogens with zero attached hydrogens (tertiary/aromatic N) is 1. The van der Waals surface area contributed by atoms with Crippen molar-refractivity contribution < 1.29 is 4.79 Å². The van der Waals surface area contributed by atoms with E-state index in [4.69, 9.17) is 12.2 Å². The molecule has 4 N–H and O–H groups in total. The Morgan fingerprint density at radius 3 is 2.62 bits per heavy atom. The van der Waals surface area contributed by atoms with E-state index < -0.39 is 6.04 Å². The summed E-state index contributed by atoms with van der Waals surface area (Å²) in [4.78, 5) is 16.7. The molecule has 1 amide bonds. The van der Waals surface area contributed by atoms with Crippen LogP contribution in [0.15, 0.2) is 48.5 Å². The topological polar surface area (TPSA) is 78.1 Å². The molecule has 0 unspecified atom stereocenters. The molecular formula is C18H19N5OS2. The number of thiocarbonyl (C=S) groups is 1. The maximum absolute atomic E-state index is 12.2. The average molecular weight is 386 g/mol. The first-order valence-electron chi connectivity index (χ1n) is 8.07. The monoisotopic (exact) mass is 385 g/mol. The second-order valence-corrected chi connectivity index (χ2v) is 7.17. The quantitative estimate of drug-likeness (QED) is 0.407. The van der Waals surface area contributed by atoms with Crippen molar-refractivity contribution in [2.24, 2.45) is 0 Å². The van der Waals surface area contributed by atoms with Gasteiger partial charge in [-0.2, -0.15) is 0 Å². The number of thiazole rings is 1.